The largest absolute Gasteiger partial charge is 0.360 e. The first kappa shape index (κ1) is 8.48. The van der Waals surface area contributed by atoms with Crippen LogP contribution in [0.2, 0.25) is 0 Å². The van der Waals surface area contributed by atoms with Crippen molar-refractivity contribution < 1.29 is 4.74 Å². The Labute approximate surface area is 80.4 Å². The van der Waals surface area contributed by atoms with Crippen molar-refractivity contribution in [1.29, 1.82) is 5.26 Å². The van der Waals surface area contributed by atoms with Gasteiger partial charge in [-0.3, -0.25) is 0 Å². The number of rotatable bonds is 1. The van der Waals surface area contributed by atoms with Gasteiger partial charge in [-0.2, -0.15) is 5.26 Å². The minimum atomic E-state index is -0.308. The molecule has 0 saturated carbocycles. The van der Waals surface area contributed by atoms with E-state index in [4.69, 9.17) is 10.00 Å². The van der Waals surface area contributed by atoms with Gasteiger partial charge >= 0.3 is 0 Å². The van der Waals surface area contributed by atoms with Crippen LogP contribution in [-0.2, 0) is 4.74 Å². The lowest BCUT2D eigenvalue weighted by atomic mass is 10.3. The Morgan fingerprint density at radius 3 is 3.38 bits per heavy atom. The normalized spacial score (nSPS) is 22.7. The molecular formula is C8H9N3OS. The van der Waals surface area contributed by atoms with E-state index in [0.717, 1.165) is 11.7 Å². The molecule has 2 heterocycles. The molecule has 1 fully saturated rings. The highest BCUT2D eigenvalue weighted by atomic mass is 32.1. The van der Waals surface area contributed by atoms with Crippen molar-refractivity contribution in [1.82, 2.24) is 4.98 Å². The number of hydrogen-bond acceptors (Lipinski definition) is 5. The summed E-state index contributed by atoms with van der Waals surface area (Å²) in [7, 11) is 0. The molecule has 68 valence electrons. The van der Waals surface area contributed by atoms with E-state index in [2.05, 4.69) is 16.0 Å². The number of hydrogen-bond donors (Lipinski definition) is 0. The first-order valence-corrected chi connectivity index (χ1v) is 4.94. The summed E-state index contributed by atoms with van der Waals surface area (Å²) in [6.45, 7) is 2.06. The Hall–Kier alpha value is -1.12. The quantitative estimate of drug-likeness (QED) is 0.667. The van der Waals surface area contributed by atoms with Crippen molar-refractivity contribution in [3.8, 4) is 6.07 Å². The van der Waals surface area contributed by atoms with Gasteiger partial charge in [0.2, 0.25) is 0 Å². The molecule has 1 saturated heterocycles. The molecule has 1 aromatic rings. The third kappa shape index (κ3) is 1.79. The Kier molecular flexibility index (Phi) is 2.43. The predicted molar refractivity (Wildman–Crippen MR) is 49.7 cm³/mol. The number of aromatic nitrogens is 1. The van der Waals surface area contributed by atoms with Crippen LogP contribution in [0.4, 0.5) is 5.13 Å². The molecule has 0 amide bonds. The second-order valence-electron chi connectivity index (χ2n) is 2.75. The van der Waals surface area contributed by atoms with Gasteiger partial charge in [0.15, 0.2) is 11.2 Å². The van der Waals surface area contributed by atoms with E-state index in [1.807, 2.05) is 5.38 Å². The molecule has 0 radical (unpaired) electrons. The number of nitriles is 1. The van der Waals surface area contributed by atoms with Gasteiger partial charge in [-0.25, -0.2) is 4.98 Å². The van der Waals surface area contributed by atoms with Gasteiger partial charge in [0.05, 0.1) is 19.2 Å². The fraction of sp³-hybridized carbons (Fsp3) is 0.500. The minimum Gasteiger partial charge on any atom is -0.360 e. The molecule has 5 heteroatoms. The SMILES string of the molecule is N#CC1CN(c2nccs2)CCO1. The van der Waals surface area contributed by atoms with Gasteiger partial charge in [-0.05, 0) is 0 Å². The van der Waals surface area contributed by atoms with Crippen LogP contribution in [0.5, 0.6) is 0 Å². The second kappa shape index (κ2) is 3.73. The molecule has 0 aliphatic carbocycles. The zero-order valence-electron chi connectivity index (χ0n) is 7.01. The number of anilines is 1. The Morgan fingerprint density at radius 2 is 2.69 bits per heavy atom. The van der Waals surface area contributed by atoms with E-state index >= 15 is 0 Å². The third-order valence-electron chi connectivity index (χ3n) is 1.90. The van der Waals surface area contributed by atoms with E-state index in [1.165, 1.54) is 0 Å². The van der Waals surface area contributed by atoms with Crippen LogP contribution in [0.25, 0.3) is 0 Å². The highest BCUT2D eigenvalue weighted by Gasteiger charge is 2.21. The number of ether oxygens (including phenoxy) is 1. The Bertz CT molecular complexity index is 306. The average molecular weight is 195 g/mol. The molecule has 0 N–H and O–H groups in total. The minimum absolute atomic E-state index is 0.308. The second-order valence-corrected chi connectivity index (χ2v) is 3.62. The van der Waals surface area contributed by atoms with Gasteiger partial charge in [0.25, 0.3) is 0 Å². The fourth-order valence-corrected chi connectivity index (χ4v) is 1.95. The zero-order chi connectivity index (χ0) is 9.10. The van der Waals surface area contributed by atoms with Gasteiger partial charge in [0.1, 0.15) is 0 Å². The van der Waals surface area contributed by atoms with Crippen LogP contribution in [0, 0.1) is 11.3 Å². The van der Waals surface area contributed by atoms with Crippen molar-refractivity contribution in [2.75, 3.05) is 24.6 Å². The summed E-state index contributed by atoms with van der Waals surface area (Å²) >= 11 is 1.59. The predicted octanol–water partition coefficient (Wildman–Crippen LogP) is 0.872. The molecule has 1 aromatic heterocycles. The molecule has 0 bridgehead atoms. The Balaban J connectivity index is 2.05. The summed E-state index contributed by atoms with van der Waals surface area (Å²) in [5.41, 5.74) is 0. The van der Waals surface area contributed by atoms with Crippen LogP contribution in [-0.4, -0.2) is 30.8 Å². The first-order valence-electron chi connectivity index (χ1n) is 4.06. The molecule has 1 atom stereocenters. The molecule has 4 nitrogen and oxygen atoms in total. The van der Waals surface area contributed by atoms with Crippen molar-refractivity contribution in [2.24, 2.45) is 0 Å². The molecule has 0 spiro atoms. The summed E-state index contributed by atoms with van der Waals surface area (Å²) in [6, 6.07) is 2.11. The topological polar surface area (TPSA) is 49.2 Å². The molecular weight excluding hydrogens is 186 g/mol. The van der Waals surface area contributed by atoms with Crippen molar-refractivity contribution in [2.45, 2.75) is 6.10 Å². The number of nitrogens with zero attached hydrogens (tertiary/aromatic N) is 3. The molecule has 0 aromatic carbocycles. The van der Waals surface area contributed by atoms with Gasteiger partial charge in [-0.1, -0.05) is 0 Å². The fourth-order valence-electron chi connectivity index (χ4n) is 1.27. The number of thiazole rings is 1. The first-order chi connectivity index (χ1) is 6.40. The van der Waals surface area contributed by atoms with Crippen LogP contribution in [0.3, 0.4) is 0 Å². The summed E-state index contributed by atoms with van der Waals surface area (Å²) < 4.78 is 5.23. The smallest absolute Gasteiger partial charge is 0.185 e. The van der Waals surface area contributed by atoms with E-state index in [1.54, 1.807) is 17.5 Å². The van der Waals surface area contributed by atoms with Crippen LogP contribution < -0.4 is 4.90 Å². The Morgan fingerprint density at radius 1 is 1.77 bits per heavy atom. The van der Waals surface area contributed by atoms with Crippen molar-refractivity contribution in [3.05, 3.63) is 11.6 Å². The summed E-state index contributed by atoms with van der Waals surface area (Å²) in [5, 5.41) is 11.6. The highest BCUT2D eigenvalue weighted by molar-refractivity contribution is 7.13. The van der Waals surface area contributed by atoms with Crippen molar-refractivity contribution in [3.63, 3.8) is 0 Å². The summed E-state index contributed by atoms with van der Waals surface area (Å²) in [5.74, 6) is 0. The van der Waals surface area contributed by atoms with Gasteiger partial charge in [0, 0.05) is 18.1 Å². The maximum atomic E-state index is 8.69. The zero-order valence-corrected chi connectivity index (χ0v) is 7.83. The lowest BCUT2D eigenvalue weighted by Crippen LogP contribution is -2.41. The van der Waals surface area contributed by atoms with Gasteiger partial charge < -0.3 is 9.64 Å². The van der Waals surface area contributed by atoms with E-state index in [0.29, 0.717) is 13.2 Å². The molecule has 1 unspecified atom stereocenters. The van der Waals surface area contributed by atoms with E-state index in [9.17, 15) is 0 Å². The molecule has 1 aliphatic heterocycles. The summed E-state index contributed by atoms with van der Waals surface area (Å²) in [4.78, 5) is 6.27. The lowest BCUT2D eigenvalue weighted by molar-refractivity contribution is 0.0764. The standard InChI is InChI=1S/C8H9N3OS/c9-5-7-6-11(2-3-12-7)8-10-1-4-13-8/h1,4,7H,2-3,6H2. The third-order valence-corrected chi connectivity index (χ3v) is 2.73. The maximum absolute atomic E-state index is 8.69. The monoisotopic (exact) mass is 195 g/mol. The number of morpholine rings is 1. The van der Waals surface area contributed by atoms with E-state index < -0.39 is 0 Å². The highest BCUT2D eigenvalue weighted by Crippen LogP contribution is 2.19. The lowest BCUT2D eigenvalue weighted by Gasteiger charge is -2.29. The van der Waals surface area contributed by atoms with Crippen molar-refractivity contribution >= 4 is 16.5 Å². The molecule has 1 aliphatic rings. The van der Waals surface area contributed by atoms with Crippen LogP contribution in [0.1, 0.15) is 0 Å². The van der Waals surface area contributed by atoms with Crippen LogP contribution in [0.15, 0.2) is 11.6 Å². The van der Waals surface area contributed by atoms with Gasteiger partial charge in [-0.15, -0.1) is 11.3 Å². The maximum Gasteiger partial charge on any atom is 0.185 e. The molecule has 13 heavy (non-hydrogen) atoms. The summed E-state index contributed by atoms with van der Waals surface area (Å²) in [6.07, 6.45) is 1.47. The molecule has 2 rings (SSSR count). The van der Waals surface area contributed by atoms with Crippen LogP contribution >= 0.6 is 11.3 Å². The van der Waals surface area contributed by atoms with E-state index in [-0.39, 0.29) is 6.10 Å². The average Bonchev–Trinajstić information content (AvgIpc) is 2.71.